The highest BCUT2D eigenvalue weighted by molar-refractivity contribution is 7.92. The van der Waals surface area contributed by atoms with Crippen LogP contribution in [0.15, 0.2) is 83.8 Å². The summed E-state index contributed by atoms with van der Waals surface area (Å²) < 4.78 is 40.8. The summed E-state index contributed by atoms with van der Waals surface area (Å²) in [5, 5.41) is 2.84. The zero-order valence-corrected chi connectivity index (χ0v) is 16.5. The second-order valence-electron chi connectivity index (χ2n) is 5.99. The summed E-state index contributed by atoms with van der Waals surface area (Å²) in [6, 6.07) is 18.0. The molecule has 0 radical (unpaired) electrons. The Kier molecular flexibility index (Phi) is 6.31. The van der Waals surface area contributed by atoms with Gasteiger partial charge in [0.2, 0.25) is 5.91 Å². The molecule has 3 aromatic rings. The van der Waals surface area contributed by atoms with Crippen molar-refractivity contribution in [2.45, 2.75) is 4.90 Å². The number of para-hydroxylation sites is 1. The molecule has 8 heteroatoms. The van der Waals surface area contributed by atoms with Crippen LogP contribution in [-0.4, -0.2) is 14.3 Å². The fraction of sp³-hybridized carbons (Fsp3) is 0. The lowest BCUT2D eigenvalue weighted by Crippen LogP contribution is -2.14. The topological polar surface area (TPSA) is 75.3 Å². The Bertz CT molecular complexity index is 1180. The number of nitrogens with one attached hydrogen (secondary N) is 2. The van der Waals surface area contributed by atoms with Crippen molar-refractivity contribution < 1.29 is 17.6 Å². The maximum atomic E-state index is 13.2. The van der Waals surface area contributed by atoms with Crippen LogP contribution in [-0.2, 0) is 14.8 Å². The van der Waals surface area contributed by atoms with E-state index in [1.54, 1.807) is 36.4 Å². The van der Waals surface area contributed by atoms with Crippen molar-refractivity contribution in [3.8, 4) is 0 Å². The van der Waals surface area contributed by atoms with Gasteiger partial charge in [-0.15, -0.1) is 0 Å². The SMILES string of the molecule is O=C(/C=C/c1cccc(F)c1)Nc1cccc(S(=O)(=O)Nc2ccccc2Cl)c1. The predicted octanol–water partition coefficient (Wildman–Crippen LogP) is 4.93. The quantitative estimate of drug-likeness (QED) is 0.544. The van der Waals surface area contributed by atoms with E-state index in [4.69, 9.17) is 11.6 Å². The van der Waals surface area contributed by atoms with E-state index in [-0.39, 0.29) is 15.6 Å². The summed E-state index contributed by atoms with van der Waals surface area (Å²) in [4.78, 5) is 12.1. The Morgan fingerprint density at radius 2 is 1.72 bits per heavy atom. The molecule has 0 saturated carbocycles. The number of sulfonamides is 1. The zero-order chi connectivity index (χ0) is 20.9. The number of anilines is 2. The number of rotatable bonds is 6. The van der Waals surface area contributed by atoms with Gasteiger partial charge in [-0.1, -0.05) is 41.9 Å². The predicted molar refractivity (Wildman–Crippen MR) is 113 cm³/mol. The van der Waals surface area contributed by atoms with Crippen LogP contribution in [0.5, 0.6) is 0 Å². The van der Waals surface area contributed by atoms with E-state index in [2.05, 4.69) is 10.0 Å². The minimum absolute atomic E-state index is 0.0377. The van der Waals surface area contributed by atoms with Crippen LogP contribution >= 0.6 is 11.6 Å². The molecule has 0 spiro atoms. The van der Waals surface area contributed by atoms with Crippen molar-refractivity contribution in [1.82, 2.24) is 0 Å². The molecule has 0 aliphatic heterocycles. The molecular weight excluding hydrogens is 415 g/mol. The lowest BCUT2D eigenvalue weighted by molar-refractivity contribution is -0.111. The number of halogens is 2. The van der Waals surface area contributed by atoms with Gasteiger partial charge < -0.3 is 5.32 Å². The first-order valence-electron chi connectivity index (χ1n) is 8.45. The van der Waals surface area contributed by atoms with E-state index >= 15 is 0 Å². The summed E-state index contributed by atoms with van der Waals surface area (Å²) in [5.74, 6) is -0.889. The first kappa shape index (κ1) is 20.6. The monoisotopic (exact) mass is 430 g/mol. The van der Waals surface area contributed by atoms with Crippen LogP contribution in [0.4, 0.5) is 15.8 Å². The van der Waals surface area contributed by atoms with Gasteiger partial charge in [-0.2, -0.15) is 0 Å². The lowest BCUT2D eigenvalue weighted by Gasteiger charge is -2.10. The minimum atomic E-state index is -3.90. The first-order chi connectivity index (χ1) is 13.8. The third-order valence-corrected chi connectivity index (χ3v) is 5.50. The molecule has 0 aliphatic rings. The van der Waals surface area contributed by atoms with Crippen molar-refractivity contribution in [2.75, 3.05) is 10.0 Å². The average Bonchev–Trinajstić information content (AvgIpc) is 2.68. The van der Waals surface area contributed by atoms with E-state index in [1.807, 2.05) is 0 Å². The highest BCUT2D eigenvalue weighted by atomic mass is 35.5. The molecule has 0 aromatic heterocycles. The van der Waals surface area contributed by atoms with Gasteiger partial charge >= 0.3 is 0 Å². The normalized spacial score (nSPS) is 11.4. The van der Waals surface area contributed by atoms with Crippen molar-refractivity contribution in [3.05, 3.63) is 95.3 Å². The molecule has 3 aromatic carbocycles. The average molecular weight is 431 g/mol. The summed E-state index contributed by atoms with van der Waals surface area (Å²) in [6.07, 6.45) is 2.69. The second-order valence-corrected chi connectivity index (χ2v) is 8.08. The molecule has 29 heavy (non-hydrogen) atoms. The van der Waals surface area contributed by atoms with Gasteiger partial charge in [0, 0.05) is 11.8 Å². The number of benzene rings is 3. The van der Waals surface area contributed by atoms with Gasteiger partial charge in [0.05, 0.1) is 15.6 Å². The number of amides is 1. The van der Waals surface area contributed by atoms with Crippen LogP contribution in [0.2, 0.25) is 5.02 Å². The molecule has 0 atom stereocenters. The standard InChI is InChI=1S/C21H16ClFN2O3S/c22-19-9-1-2-10-20(19)25-29(27,28)18-8-4-7-17(14-18)24-21(26)12-11-15-5-3-6-16(23)13-15/h1-14,25H,(H,24,26)/b12-11+. The zero-order valence-electron chi connectivity index (χ0n) is 15.0. The van der Waals surface area contributed by atoms with Crippen molar-refractivity contribution in [2.24, 2.45) is 0 Å². The summed E-state index contributed by atoms with van der Waals surface area (Å²) in [5.41, 5.74) is 1.07. The number of hydrogen-bond donors (Lipinski definition) is 2. The molecule has 1 amide bonds. The van der Waals surface area contributed by atoms with Gasteiger partial charge in [-0.3, -0.25) is 9.52 Å². The van der Waals surface area contributed by atoms with E-state index in [9.17, 15) is 17.6 Å². The second kappa shape index (κ2) is 8.89. The van der Waals surface area contributed by atoms with Crippen LogP contribution < -0.4 is 10.0 Å². The van der Waals surface area contributed by atoms with Gasteiger partial charge in [-0.05, 0) is 54.1 Å². The highest BCUT2D eigenvalue weighted by Crippen LogP contribution is 2.25. The Balaban J connectivity index is 1.73. The maximum Gasteiger partial charge on any atom is 0.262 e. The molecule has 0 aliphatic carbocycles. The fourth-order valence-corrected chi connectivity index (χ4v) is 3.82. The van der Waals surface area contributed by atoms with Gasteiger partial charge in [-0.25, -0.2) is 12.8 Å². The van der Waals surface area contributed by atoms with Crippen LogP contribution in [0, 0.1) is 5.82 Å². The Labute approximate surface area is 172 Å². The van der Waals surface area contributed by atoms with Crippen molar-refractivity contribution in [1.29, 1.82) is 0 Å². The third-order valence-electron chi connectivity index (χ3n) is 3.81. The fourth-order valence-electron chi connectivity index (χ4n) is 2.45. The molecule has 2 N–H and O–H groups in total. The molecule has 3 rings (SSSR count). The van der Waals surface area contributed by atoms with Crippen LogP contribution in [0.25, 0.3) is 6.08 Å². The number of carbonyl (C=O) groups is 1. The van der Waals surface area contributed by atoms with Crippen LogP contribution in [0.1, 0.15) is 5.56 Å². The number of hydrogen-bond acceptors (Lipinski definition) is 3. The van der Waals surface area contributed by atoms with Crippen molar-refractivity contribution >= 4 is 45.0 Å². The number of carbonyl (C=O) groups excluding carboxylic acids is 1. The molecule has 5 nitrogen and oxygen atoms in total. The third kappa shape index (κ3) is 5.66. The van der Waals surface area contributed by atoms with Gasteiger partial charge in [0.1, 0.15) is 5.82 Å². The molecule has 0 bridgehead atoms. The molecule has 0 fully saturated rings. The van der Waals surface area contributed by atoms with Crippen LogP contribution in [0.3, 0.4) is 0 Å². The molecule has 148 valence electrons. The van der Waals surface area contributed by atoms with E-state index < -0.39 is 21.7 Å². The lowest BCUT2D eigenvalue weighted by atomic mass is 10.2. The maximum absolute atomic E-state index is 13.2. The molecule has 0 heterocycles. The highest BCUT2D eigenvalue weighted by Gasteiger charge is 2.16. The van der Waals surface area contributed by atoms with Gasteiger partial charge in [0.25, 0.3) is 10.0 Å². The smallest absolute Gasteiger partial charge is 0.262 e. The molecule has 0 saturated heterocycles. The molecular formula is C21H16ClFN2O3S. The van der Waals surface area contributed by atoms with Gasteiger partial charge in [0.15, 0.2) is 0 Å². The Morgan fingerprint density at radius 1 is 0.966 bits per heavy atom. The first-order valence-corrected chi connectivity index (χ1v) is 10.3. The van der Waals surface area contributed by atoms with E-state index in [1.165, 1.54) is 48.6 Å². The molecule has 0 unspecified atom stereocenters. The van der Waals surface area contributed by atoms with Crippen molar-refractivity contribution in [3.63, 3.8) is 0 Å². The summed E-state index contributed by atoms with van der Waals surface area (Å²) in [7, 11) is -3.90. The summed E-state index contributed by atoms with van der Waals surface area (Å²) in [6.45, 7) is 0. The minimum Gasteiger partial charge on any atom is -0.322 e. The summed E-state index contributed by atoms with van der Waals surface area (Å²) >= 11 is 6.00. The van der Waals surface area contributed by atoms with E-state index in [0.29, 0.717) is 11.3 Å². The largest absolute Gasteiger partial charge is 0.322 e. The Morgan fingerprint density at radius 3 is 2.48 bits per heavy atom. The Hall–Kier alpha value is -3.16. The van der Waals surface area contributed by atoms with E-state index in [0.717, 1.165) is 0 Å².